The van der Waals surface area contributed by atoms with Crippen LogP contribution < -0.4 is 9.62 Å². The van der Waals surface area contributed by atoms with Crippen LogP contribution in [0, 0.1) is 13.8 Å². The lowest BCUT2D eigenvalue weighted by atomic mass is 9.95. The molecule has 1 saturated carbocycles. The second-order valence-electron chi connectivity index (χ2n) is 9.71. The maximum Gasteiger partial charge on any atom is 0.244 e. The highest BCUT2D eigenvalue weighted by Gasteiger charge is 2.31. The smallest absolute Gasteiger partial charge is 0.244 e. The molecule has 0 unspecified atom stereocenters. The number of carbonyl (C=O) groups excluding carboxylic acids is 2. The third-order valence-electron chi connectivity index (χ3n) is 6.84. The normalized spacial score (nSPS) is 15.2. The van der Waals surface area contributed by atoms with Crippen molar-refractivity contribution < 1.29 is 18.0 Å². The van der Waals surface area contributed by atoms with E-state index in [0.717, 1.165) is 52.9 Å². The Kier molecular flexibility index (Phi) is 9.41. The fraction of sp³-hybridized carbons (Fsp3) is 0.481. The summed E-state index contributed by atoms with van der Waals surface area (Å²) < 4.78 is 26.5. The Balaban J connectivity index is 1.87. The lowest BCUT2D eigenvalue weighted by Gasteiger charge is -2.33. The predicted molar refractivity (Wildman–Crippen MR) is 145 cm³/mol. The number of hydrogen-bond acceptors (Lipinski definition) is 4. The van der Waals surface area contributed by atoms with Crippen molar-refractivity contribution in [2.24, 2.45) is 0 Å². The van der Waals surface area contributed by atoms with E-state index in [9.17, 15) is 18.0 Å². The van der Waals surface area contributed by atoms with Gasteiger partial charge in [-0.05, 0) is 74.6 Å². The van der Waals surface area contributed by atoms with Gasteiger partial charge in [0, 0.05) is 17.6 Å². The summed E-state index contributed by atoms with van der Waals surface area (Å²) in [6.45, 7) is 5.27. The highest BCUT2D eigenvalue weighted by atomic mass is 35.5. The first-order chi connectivity index (χ1) is 17.0. The molecule has 1 aliphatic carbocycles. The molecule has 0 heterocycles. The highest BCUT2D eigenvalue weighted by Crippen LogP contribution is 2.23. The molecule has 0 spiro atoms. The minimum absolute atomic E-state index is 0.101. The average Bonchev–Trinajstić information content (AvgIpc) is 2.83. The van der Waals surface area contributed by atoms with Gasteiger partial charge in [-0.3, -0.25) is 13.9 Å². The number of anilines is 1. The summed E-state index contributed by atoms with van der Waals surface area (Å²) in [5, 5.41) is 3.66. The number of sulfonamides is 1. The average molecular weight is 534 g/mol. The molecule has 0 aromatic heterocycles. The molecule has 1 N–H and O–H groups in total. The number of benzene rings is 2. The van der Waals surface area contributed by atoms with Crippen LogP contribution in [-0.4, -0.2) is 50.0 Å². The maximum atomic E-state index is 13.6. The number of hydrogen-bond donors (Lipinski definition) is 1. The summed E-state index contributed by atoms with van der Waals surface area (Å²) in [6.07, 6.45) is 6.26. The van der Waals surface area contributed by atoms with Crippen molar-refractivity contribution in [1.82, 2.24) is 10.2 Å². The number of rotatable bonds is 9. The standard InChI is InChI=1S/C27H36ClN3O4S/c1-19-10-15-25(16-20(19)2)31(36(4,34)35)18-26(32)30(17-22-11-13-23(28)14-12-22)21(3)27(33)29-24-8-6-5-7-9-24/h10-16,21,24H,5-9,17-18H2,1-4H3,(H,29,33)/t21-/m1/s1. The molecule has 0 saturated heterocycles. The van der Waals surface area contributed by atoms with Crippen LogP contribution in [0.3, 0.4) is 0 Å². The first-order valence-electron chi connectivity index (χ1n) is 12.3. The zero-order valence-corrected chi connectivity index (χ0v) is 23.0. The number of carbonyl (C=O) groups is 2. The Morgan fingerprint density at radius 1 is 1.03 bits per heavy atom. The van der Waals surface area contributed by atoms with Crippen molar-refractivity contribution >= 4 is 39.1 Å². The summed E-state index contributed by atoms with van der Waals surface area (Å²) in [7, 11) is -3.76. The topological polar surface area (TPSA) is 86.8 Å². The van der Waals surface area contributed by atoms with E-state index < -0.39 is 28.5 Å². The van der Waals surface area contributed by atoms with Gasteiger partial charge in [-0.1, -0.05) is 49.1 Å². The molecule has 2 amide bonds. The van der Waals surface area contributed by atoms with E-state index in [4.69, 9.17) is 11.6 Å². The van der Waals surface area contributed by atoms with Gasteiger partial charge >= 0.3 is 0 Å². The molecule has 36 heavy (non-hydrogen) atoms. The number of nitrogens with zero attached hydrogens (tertiary/aromatic N) is 2. The number of nitrogens with one attached hydrogen (secondary N) is 1. The number of aryl methyl sites for hydroxylation is 2. The van der Waals surface area contributed by atoms with Crippen LogP contribution in [0.15, 0.2) is 42.5 Å². The Morgan fingerprint density at radius 3 is 2.25 bits per heavy atom. The van der Waals surface area contributed by atoms with Gasteiger partial charge in [0.25, 0.3) is 0 Å². The van der Waals surface area contributed by atoms with E-state index in [0.29, 0.717) is 10.7 Å². The molecule has 2 aromatic carbocycles. The molecule has 7 nitrogen and oxygen atoms in total. The van der Waals surface area contributed by atoms with Gasteiger partial charge in [0.05, 0.1) is 11.9 Å². The number of amides is 2. The largest absolute Gasteiger partial charge is 0.352 e. The molecule has 1 fully saturated rings. The van der Waals surface area contributed by atoms with Gasteiger partial charge in [0.15, 0.2) is 0 Å². The third kappa shape index (κ3) is 7.46. The van der Waals surface area contributed by atoms with Crippen LogP contribution in [0.1, 0.15) is 55.7 Å². The first kappa shape index (κ1) is 28.0. The molecule has 0 bridgehead atoms. The quantitative estimate of drug-likeness (QED) is 0.511. The summed E-state index contributed by atoms with van der Waals surface area (Å²) in [5.41, 5.74) is 3.16. The highest BCUT2D eigenvalue weighted by molar-refractivity contribution is 7.92. The molecule has 9 heteroatoms. The summed E-state index contributed by atoms with van der Waals surface area (Å²) in [6, 6.07) is 11.7. The lowest BCUT2D eigenvalue weighted by Crippen LogP contribution is -2.52. The van der Waals surface area contributed by atoms with Gasteiger partial charge in [-0.2, -0.15) is 0 Å². The van der Waals surface area contributed by atoms with Gasteiger partial charge in [0.2, 0.25) is 21.8 Å². The van der Waals surface area contributed by atoms with E-state index in [-0.39, 0.29) is 18.5 Å². The van der Waals surface area contributed by atoms with E-state index in [2.05, 4.69) is 5.32 Å². The lowest BCUT2D eigenvalue weighted by molar-refractivity contribution is -0.139. The fourth-order valence-electron chi connectivity index (χ4n) is 4.43. The second kappa shape index (κ2) is 12.1. The molecule has 3 rings (SSSR count). The van der Waals surface area contributed by atoms with Crippen LogP contribution in [0.5, 0.6) is 0 Å². The zero-order valence-electron chi connectivity index (χ0n) is 21.5. The summed E-state index contributed by atoms with van der Waals surface area (Å²) >= 11 is 6.02. The Morgan fingerprint density at radius 2 is 1.67 bits per heavy atom. The van der Waals surface area contributed by atoms with Crippen LogP contribution in [0.25, 0.3) is 0 Å². The number of halogens is 1. The zero-order chi connectivity index (χ0) is 26.5. The minimum Gasteiger partial charge on any atom is -0.352 e. The molecule has 1 atom stereocenters. The Bertz CT molecular complexity index is 1180. The van der Waals surface area contributed by atoms with Crippen LogP contribution in [0.2, 0.25) is 5.02 Å². The van der Waals surface area contributed by atoms with Gasteiger partial charge in [-0.15, -0.1) is 0 Å². The molecule has 0 aliphatic heterocycles. The monoisotopic (exact) mass is 533 g/mol. The molecule has 196 valence electrons. The van der Waals surface area contributed by atoms with Crippen molar-refractivity contribution in [3.8, 4) is 0 Å². The van der Waals surface area contributed by atoms with Gasteiger partial charge < -0.3 is 10.2 Å². The molecule has 2 aromatic rings. The molecular formula is C27H36ClN3O4S. The maximum absolute atomic E-state index is 13.6. The Hall–Kier alpha value is -2.58. The van der Waals surface area contributed by atoms with Gasteiger partial charge in [0.1, 0.15) is 12.6 Å². The van der Waals surface area contributed by atoms with Gasteiger partial charge in [-0.25, -0.2) is 8.42 Å². The third-order valence-corrected chi connectivity index (χ3v) is 8.24. The van der Waals surface area contributed by atoms with E-state index >= 15 is 0 Å². The van der Waals surface area contributed by atoms with Crippen LogP contribution in [0.4, 0.5) is 5.69 Å². The van der Waals surface area contributed by atoms with Crippen molar-refractivity contribution in [3.63, 3.8) is 0 Å². The predicted octanol–water partition coefficient (Wildman–Crippen LogP) is 4.59. The van der Waals surface area contributed by atoms with E-state index in [1.807, 2.05) is 19.9 Å². The van der Waals surface area contributed by atoms with E-state index in [1.165, 1.54) is 11.3 Å². The van der Waals surface area contributed by atoms with Crippen molar-refractivity contribution in [2.75, 3.05) is 17.1 Å². The SMILES string of the molecule is Cc1ccc(N(CC(=O)N(Cc2ccc(Cl)cc2)[C@H](C)C(=O)NC2CCCCC2)S(C)(=O)=O)cc1C. The van der Waals surface area contributed by atoms with Crippen molar-refractivity contribution in [3.05, 3.63) is 64.2 Å². The molecular weight excluding hydrogens is 498 g/mol. The first-order valence-corrected chi connectivity index (χ1v) is 14.6. The van der Waals surface area contributed by atoms with Crippen molar-refractivity contribution in [2.45, 2.75) is 71.5 Å². The summed E-state index contributed by atoms with van der Waals surface area (Å²) in [5.74, 6) is -0.693. The summed E-state index contributed by atoms with van der Waals surface area (Å²) in [4.78, 5) is 28.3. The van der Waals surface area contributed by atoms with Crippen LogP contribution >= 0.6 is 11.6 Å². The van der Waals surface area contributed by atoms with Crippen molar-refractivity contribution in [1.29, 1.82) is 0 Å². The Labute approximate surface area is 219 Å². The van der Waals surface area contributed by atoms with Crippen LogP contribution in [-0.2, 0) is 26.2 Å². The van der Waals surface area contributed by atoms with E-state index in [1.54, 1.807) is 43.3 Å². The second-order valence-corrected chi connectivity index (χ2v) is 12.0. The minimum atomic E-state index is -3.76. The molecule has 0 radical (unpaired) electrons. The molecule has 1 aliphatic rings. The fourth-order valence-corrected chi connectivity index (χ4v) is 5.40.